The van der Waals surface area contributed by atoms with E-state index in [1.807, 2.05) is 6.07 Å². The predicted molar refractivity (Wildman–Crippen MR) is 79.8 cm³/mol. The largest absolute Gasteiger partial charge is 0.396 e. The first-order chi connectivity index (χ1) is 9.15. The number of carbonyl (C=O) groups is 1. The molecule has 0 spiro atoms. The monoisotopic (exact) mass is 283 g/mol. The molecule has 0 aromatic carbocycles. The van der Waals surface area contributed by atoms with E-state index in [-0.39, 0.29) is 12.5 Å². The zero-order valence-corrected chi connectivity index (χ0v) is 12.2. The zero-order chi connectivity index (χ0) is 14.1. The van der Waals surface area contributed by atoms with E-state index >= 15 is 0 Å². The molecule has 0 bridgehead atoms. The number of carbonyl (C=O) groups excluding carboxylic acids is 1. The Kier molecular flexibility index (Phi) is 7.28. The van der Waals surface area contributed by atoms with Crippen LogP contribution in [0.15, 0.2) is 18.3 Å². The molecule has 0 aliphatic rings. The van der Waals surface area contributed by atoms with Gasteiger partial charge in [0.15, 0.2) is 0 Å². The number of aromatic nitrogens is 1. The van der Waals surface area contributed by atoms with E-state index in [9.17, 15) is 4.79 Å². The van der Waals surface area contributed by atoms with E-state index in [0.717, 1.165) is 30.3 Å². The van der Waals surface area contributed by atoms with Gasteiger partial charge in [-0.25, -0.2) is 4.98 Å². The Balaban J connectivity index is 2.30. The topological polar surface area (TPSA) is 65.5 Å². The molecule has 1 aromatic heterocycles. The van der Waals surface area contributed by atoms with E-state index in [1.54, 1.807) is 38.1 Å². The molecule has 2 N–H and O–H groups in total. The third-order valence-electron chi connectivity index (χ3n) is 2.42. The molecule has 6 heteroatoms. The van der Waals surface area contributed by atoms with Crippen LogP contribution in [0.2, 0.25) is 0 Å². The standard InChI is InChI=1S/C13H21N3O2S/c1-16(2)13(18)11-4-5-12(15-10-11)14-6-9-19-8-3-7-17/h4-5,10,17H,3,6-9H2,1-2H3,(H,14,15). The highest BCUT2D eigenvalue weighted by Crippen LogP contribution is 2.07. The molecule has 0 saturated heterocycles. The van der Waals surface area contributed by atoms with Crippen LogP contribution in [0.25, 0.3) is 0 Å². The Morgan fingerprint density at radius 1 is 1.42 bits per heavy atom. The van der Waals surface area contributed by atoms with Crippen molar-refractivity contribution in [2.45, 2.75) is 6.42 Å². The average Bonchev–Trinajstić information content (AvgIpc) is 2.42. The van der Waals surface area contributed by atoms with Crippen LogP contribution in [0.3, 0.4) is 0 Å². The van der Waals surface area contributed by atoms with Gasteiger partial charge in [0, 0.05) is 39.2 Å². The second-order valence-electron chi connectivity index (χ2n) is 4.25. The van der Waals surface area contributed by atoms with Crippen LogP contribution >= 0.6 is 11.8 Å². The van der Waals surface area contributed by atoms with Crippen LogP contribution in [0, 0.1) is 0 Å². The number of anilines is 1. The summed E-state index contributed by atoms with van der Waals surface area (Å²) in [7, 11) is 3.44. The smallest absolute Gasteiger partial charge is 0.254 e. The van der Waals surface area contributed by atoms with Gasteiger partial charge in [-0.15, -0.1) is 0 Å². The van der Waals surface area contributed by atoms with Gasteiger partial charge in [0.05, 0.1) is 5.56 Å². The lowest BCUT2D eigenvalue weighted by Gasteiger charge is -2.10. The fourth-order valence-corrected chi connectivity index (χ4v) is 2.19. The number of nitrogens with one attached hydrogen (secondary N) is 1. The van der Waals surface area contributed by atoms with Crippen molar-refractivity contribution in [1.29, 1.82) is 0 Å². The van der Waals surface area contributed by atoms with Gasteiger partial charge in [0.25, 0.3) is 5.91 Å². The number of hydrogen-bond acceptors (Lipinski definition) is 5. The lowest BCUT2D eigenvalue weighted by atomic mass is 10.2. The highest BCUT2D eigenvalue weighted by atomic mass is 32.2. The van der Waals surface area contributed by atoms with Crippen LogP contribution in [0.4, 0.5) is 5.82 Å². The summed E-state index contributed by atoms with van der Waals surface area (Å²) in [6.07, 6.45) is 2.42. The van der Waals surface area contributed by atoms with Crippen LogP contribution in [-0.2, 0) is 0 Å². The van der Waals surface area contributed by atoms with Crippen LogP contribution < -0.4 is 5.32 Å². The van der Waals surface area contributed by atoms with Crippen molar-refractivity contribution in [3.8, 4) is 0 Å². The van der Waals surface area contributed by atoms with Gasteiger partial charge in [0.2, 0.25) is 0 Å². The molecular weight excluding hydrogens is 262 g/mol. The molecule has 1 aromatic rings. The molecule has 0 radical (unpaired) electrons. The highest BCUT2D eigenvalue weighted by Gasteiger charge is 2.07. The maximum absolute atomic E-state index is 11.7. The Hall–Kier alpha value is -1.27. The molecular formula is C13H21N3O2S. The van der Waals surface area contributed by atoms with Crippen molar-refractivity contribution in [3.63, 3.8) is 0 Å². The SMILES string of the molecule is CN(C)C(=O)c1ccc(NCCSCCCO)nc1. The Morgan fingerprint density at radius 3 is 2.79 bits per heavy atom. The lowest BCUT2D eigenvalue weighted by Crippen LogP contribution is -2.21. The van der Waals surface area contributed by atoms with E-state index in [4.69, 9.17) is 5.11 Å². The second kappa shape index (κ2) is 8.77. The summed E-state index contributed by atoms with van der Waals surface area (Å²) < 4.78 is 0. The van der Waals surface area contributed by atoms with Gasteiger partial charge < -0.3 is 15.3 Å². The van der Waals surface area contributed by atoms with Crippen molar-refractivity contribution >= 4 is 23.5 Å². The van der Waals surface area contributed by atoms with E-state index in [1.165, 1.54) is 4.90 Å². The predicted octanol–water partition coefficient (Wildman–Crippen LogP) is 1.31. The molecule has 0 fully saturated rings. The molecule has 0 unspecified atom stereocenters. The summed E-state index contributed by atoms with van der Waals surface area (Å²) >= 11 is 1.80. The fraction of sp³-hybridized carbons (Fsp3) is 0.538. The number of aliphatic hydroxyl groups is 1. The summed E-state index contributed by atoms with van der Waals surface area (Å²) in [4.78, 5) is 17.4. The van der Waals surface area contributed by atoms with Crippen molar-refractivity contribution in [1.82, 2.24) is 9.88 Å². The minimum absolute atomic E-state index is 0.0430. The maximum Gasteiger partial charge on any atom is 0.254 e. The zero-order valence-electron chi connectivity index (χ0n) is 11.4. The normalized spacial score (nSPS) is 10.3. The van der Waals surface area contributed by atoms with Gasteiger partial charge >= 0.3 is 0 Å². The molecule has 1 amide bonds. The van der Waals surface area contributed by atoms with E-state index in [2.05, 4.69) is 10.3 Å². The number of nitrogens with zero attached hydrogens (tertiary/aromatic N) is 2. The first kappa shape index (κ1) is 15.8. The van der Waals surface area contributed by atoms with Crippen molar-refractivity contribution in [2.24, 2.45) is 0 Å². The molecule has 0 aliphatic heterocycles. The van der Waals surface area contributed by atoms with Crippen molar-refractivity contribution in [3.05, 3.63) is 23.9 Å². The maximum atomic E-state index is 11.7. The van der Waals surface area contributed by atoms with Gasteiger partial charge in [-0.3, -0.25) is 4.79 Å². The Morgan fingerprint density at radius 2 is 2.21 bits per heavy atom. The molecule has 19 heavy (non-hydrogen) atoms. The average molecular weight is 283 g/mol. The molecule has 0 saturated carbocycles. The molecule has 0 aliphatic carbocycles. The number of hydrogen-bond donors (Lipinski definition) is 2. The number of pyridine rings is 1. The summed E-state index contributed by atoms with van der Waals surface area (Å²) in [6.45, 7) is 1.08. The molecule has 1 heterocycles. The minimum Gasteiger partial charge on any atom is -0.396 e. The van der Waals surface area contributed by atoms with Gasteiger partial charge in [-0.05, 0) is 24.3 Å². The van der Waals surface area contributed by atoms with Crippen LogP contribution in [0.5, 0.6) is 0 Å². The Labute approximate surface area is 118 Å². The van der Waals surface area contributed by atoms with Gasteiger partial charge in [-0.2, -0.15) is 11.8 Å². The Bertz CT molecular complexity index is 382. The van der Waals surface area contributed by atoms with Crippen molar-refractivity contribution in [2.75, 3.05) is 44.1 Å². The van der Waals surface area contributed by atoms with Crippen LogP contribution in [-0.4, -0.2) is 59.7 Å². The number of aliphatic hydroxyl groups excluding tert-OH is 1. The summed E-state index contributed by atoms with van der Waals surface area (Å²) in [6, 6.07) is 3.59. The first-order valence-electron chi connectivity index (χ1n) is 6.25. The van der Waals surface area contributed by atoms with Crippen LogP contribution in [0.1, 0.15) is 16.8 Å². The van der Waals surface area contributed by atoms with Gasteiger partial charge in [0.1, 0.15) is 5.82 Å². The molecule has 5 nitrogen and oxygen atoms in total. The fourth-order valence-electron chi connectivity index (χ4n) is 1.40. The van der Waals surface area contributed by atoms with Crippen molar-refractivity contribution < 1.29 is 9.90 Å². The summed E-state index contributed by atoms with van der Waals surface area (Å²) in [5.74, 6) is 2.68. The summed E-state index contributed by atoms with van der Waals surface area (Å²) in [5.41, 5.74) is 0.591. The quantitative estimate of drug-likeness (QED) is 0.704. The number of thioether (sulfide) groups is 1. The van der Waals surface area contributed by atoms with Gasteiger partial charge in [-0.1, -0.05) is 0 Å². The highest BCUT2D eigenvalue weighted by molar-refractivity contribution is 7.99. The minimum atomic E-state index is -0.0430. The second-order valence-corrected chi connectivity index (χ2v) is 5.47. The molecule has 1 rings (SSSR count). The van der Waals surface area contributed by atoms with E-state index in [0.29, 0.717) is 5.56 Å². The number of amides is 1. The summed E-state index contributed by atoms with van der Waals surface area (Å²) in [5, 5.41) is 11.8. The van der Waals surface area contributed by atoms with E-state index < -0.39 is 0 Å². The first-order valence-corrected chi connectivity index (χ1v) is 7.41. The number of rotatable bonds is 8. The lowest BCUT2D eigenvalue weighted by molar-refractivity contribution is 0.0827. The molecule has 0 atom stereocenters. The third-order valence-corrected chi connectivity index (χ3v) is 3.49. The third kappa shape index (κ3) is 5.94. The molecule has 106 valence electrons.